The number of anilines is 2. The summed E-state index contributed by atoms with van der Waals surface area (Å²) in [6.07, 6.45) is 1.67. The summed E-state index contributed by atoms with van der Waals surface area (Å²) in [4.78, 5) is 4.15. The zero-order valence-corrected chi connectivity index (χ0v) is 11.5. The topological polar surface area (TPSA) is 64.1 Å². The Balaban J connectivity index is 2.21. The third-order valence-electron chi connectivity index (χ3n) is 2.47. The summed E-state index contributed by atoms with van der Waals surface area (Å²) in [7, 11) is 0. The molecule has 3 N–H and O–H groups in total. The zero-order valence-electron chi connectivity index (χ0n) is 10.00. The van der Waals surface area contributed by atoms with Crippen LogP contribution >= 0.6 is 23.2 Å². The summed E-state index contributed by atoms with van der Waals surface area (Å²) < 4.78 is 5.44. The molecular weight excluding hydrogens is 273 g/mol. The van der Waals surface area contributed by atoms with E-state index < -0.39 is 0 Å². The van der Waals surface area contributed by atoms with Crippen LogP contribution in [0.1, 0.15) is 24.6 Å². The minimum absolute atomic E-state index is 0.113. The Morgan fingerprint density at radius 3 is 2.61 bits per heavy atom. The maximum Gasteiger partial charge on any atom is 0.216 e. The van der Waals surface area contributed by atoms with Crippen molar-refractivity contribution in [1.82, 2.24) is 4.98 Å². The van der Waals surface area contributed by atoms with Gasteiger partial charge in [0.2, 0.25) is 5.89 Å². The maximum absolute atomic E-state index is 5.95. The molecule has 2 rings (SSSR count). The van der Waals surface area contributed by atoms with Gasteiger partial charge in [-0.25, -0.2) is 4.98 Å². The van der Waals surface area contributed by atoms with Crippen LogP contribution in [0.25, 0.3) is 0 Å². The van der Waals surface area contributed by atoms with Gasteiger partial charge in [0.05, 0.1) is 27.6 Å². The molecule has 18 heavy (non-hydrogen) atoms. The summed E-state index contributed by atoms with van der Waals surface area (Å²) in [5.74, 6) is 1.36. The molecule has 4 nitrogen and oxygen atoms in total. The summed E-state index contributed by atoms with van der Waals surface area (Å²) in [5, 5.41) is 4.06. The van der Waals surface area contributed by atoms with E-state index in [0.29, 0.717) is 27.3 Å². The van der Waals surface area contributed by atoms with Crippen LogP contribution in [0.2, 0.25) is 10.0 Å². The number of nitrogens with two attached hydrogens (primary N) is 1. The molecule has 2 aromatic rings. The number of halogens is 2. The number of aromatic nitrogens is 1. The average Bonchev–Trinajstić information content (AvgIpc) is 2.73. The van der Waals surface area contributed by atoms with Crippen LogP contribution in [0.4, 0.5) is 11.4 Å². The predicted molar refractivity (Wildman–Crippen MR) is 74.2 cm³/mol. The van der Waals surface area contributed by atoms with Crippen molar-refractivity contribution in [2.24, 2.45) is 0 Å². The van der Waals surface area contributed by atoms with E-state index >= 15 is 0 Å². The zero-order chi connectivity index (χ0) is 13.3. The normalized spacial score (nSPS) is 12.4. The highest BCUT2D eigenvalue weighted by Gasteiger charge is 2.13. The molecule has 0 aliphatic heterocycles. The van der Waals surface area contributed by atoms with Crippen LogP contribution in [0.15, 0.2) is 22.7 Å². The molecule has 0 saturated carbocycles. The second-order valence-electron chi connectivity index (χ2n) is 4.03. The van der Waals surface area contributed by atoms with Gasteiger partial charge in [-0.15, -0.1) is 0 Å². The Hall–Kier alpha value is -1.39. The van der Waals surface area contributed by atoms with Gasteiger partial charge in [0.15, 0.2) is 0 Å². The minimum Gasteiger partial charge on any atom is -0.444 e. The molecule has 0 bridgehead atoms. The fourth-order valence-electron chi connectivity index (χ4n) is 1.55. The van der Waals surface area contributed by atoms with E-state index in [1.54, 1.807) is 18.3 Å². The van der Waals surface area contributed by atoms with Gasteiger partial charge in [0, 0.05) is 0 Å². The molecule has 0 aliphatic carbocycles. The molecule has 1 heterocycles. The molecule has 0 fully saturated rings. The first-order chi connectivity index (χ1) is 8.47. The molecule has 0 radical (unpaired) electrons. The molecule has 96 valence electrons. The second kappa shape index (κ2) is 5.08. The first kappa shape index (κ1) is 13.1. The highest BCUT2D eigenvalue weighted by molar-refractivity contribution is 6.42. The van der Waals surface area contributed by atoms with Crippen molar-refractivity contribution in [3.63, 3.8) is 0 Å². The van der Waals surface area contributed by atoms with Gasteiger partial charge < -0.3 is 15.5 Å². The quantitative estimate of drug-likeness (QED) is 0.836. The number of hydrogen-bond donors (Lipinski definition) is 2. The standard InChI is InChI=1S/C12H13Cl2N3O/c1-6-5-16-12(18-6)7(2)17-11-4-9(14)8(13)3-10(11)15/h3-5,7,17H,15H2,1-2H3. The van der Waals surface area contributed by atoms with E-state index in [-0.39, 0.29) is 6.04 Å². The summed E-state index contributed by atoms with van der Waals surface area (Å²) in [6, 6.07) is 3.18. The van der Waals surface area contributed by atoms with Crippen molar-refractivity contribution in [1.29, 1.82) is 0 Å². The molecule has 0 amide bonds. The number of aryl methyl sites for hydroxylation is 1. The van der Waals surface area contributed by atoms with Crippen molar-refractivity contribution in [3.05, 3.63) is 40.0 Å². The summed E-state index contributed by atoms with van der Waals surface area (Å²) in [5.41, 5.74) is 7.09. The molecule has 0 spiro atoms. The van der Waals surface area contributed by atoms with E-state index in [1.165, 1.54) is 0 Å². The number of hydrogen-bond acceptors (Lipinski definition) is 4. The lowest BCUT2D eigenvalue weighted by Gasteiger charge is -2.14. The van der Waals surface area contributed by atoms with Crippen LogP contribution in [0.3, 0.4) is 0 Å². The maximum atomic E-state index is 5.95. The number of nitrogens with one attached hydrogen (secondary N) is 1. The fourth-order valence-corrected chi connectivity index (χ4v) is 1.89. The number of benzene rings is 1. The molecular formula is C12H13Cl2N3O. The first-order valence-corrected chi connectivity index (χ1v) is 6.16. The van der Waals surface area contributed by atoms with Crippen LogP contribution in [0, 0.1) is 6.92 Å². The lowest BCUT2D eigenvalue weighted by Crippen LogP contribution is -2.08. The van der Waals surface area contributed by atoms with Gasteiger partial charge in [-0.3, -0.25) is 0 Å². The Morgan fingerprint density at radius 1 is 1.33 bits per heavy atom. The number of oxazole rings is 1. The van der Waals surface area contributed by atoms with Gasteiger partial charge >= 0.3 is 0 Å². The molecule has 1 aromatic heterocycles. The lowest BCUT2D eigenvalue weighted by atomic mass is 10.2. The van der Waals surface area contributed by atoms with Crippen molar-refractivity contribution < 1.29 is 4.42 Å². The Labute approximate surface area is 115 Å². The number of nitrogen functional groups attached to an aromatic ring is 1. The molecule has 1 atom stereocenters. The largest absolute Gasteiger partial charge is 0.444 e. The predicted octanol–water partition coefficient (Wildman–Crippen LogP) is 4.05. The Morgan fingerprint density at radius 2 is 2.00 bits per heavy atom. The van der Waals surface area contributed by atoms with Gasteiger partial charge in [0.1, 0.15) is 11.8 Å². The lowest BCUT2D eigenvalue weighted by molar-refractivity contribution is 0.454. The number of rotatable bonds is 3. The van der Waals surface area contributed by atoms with E-state index in [4.69, 9.17) is 33.4 Å². The van der Waals surface area contributed by atoms with Crippen molar-refractivity contribution >= 4 is 34.6 Å². The van der Waals surface area contributed by atoms with E-state index in [1.807, 2.05) is 13.8 Å². The first-order valence-electron chi connectivity index (χ1n) is 5.40. The summed E-state index contributed by atoms with van der Waals surface area (Å²) >= 11 is 11.8. The molecule has 1 unspecified atom stereocenters. The second-order valence-corrected chi connectivity index (χ2v) is 4.84. The molecule has 1 aromatic carbocycles. The third kappa shape index (κ3) is 2.71. The van der Waals surface area contributed by atoms with E-state index in [0.717, 1.165) is 5.76 Å². The monoisotopic (exact) mass is 285 g/mol. The highest BCUT2D eigenvalue weighted by atomic mass is 35.5. The van der Waals surface area contributed by atoms with Crippen LogP contribution < -0.4 is 11.1 Å². The molecule has 0 saturated heterocycles. The van der Waals surface area contributed by atoms with Crippen molar-refractivity contribution in [3.8, 4) is 0 Å². The van der Waals surface area contributed by atoms with E-state index in [9.17, 15) is 0 Å². The molecule has 6 heteroatoms. The Bertz CT molecular complexity index is 568. The minimum atomic E-state index is -0.113. The fraction of sp³-hybridized carbons (Fsp3) is 0.250. The molecule has 0 aliphatic rings. The average molecular weight is 286 g/mol. The van der Waals surface area contributed by atoms with Crippen LogP contribution in [0.5, 0.6) is 0 Å². The van der Waals surface area contributed by atoms with Crippen LogP contribution in [-0.2, 0) is 0 Å². The van der Waals surface area contributed by atoms with Crippen molar-refractivity contribution in [2.45, 2.75) is 19.9 Å². The smallest absolute Gasteiger partial charge is 0.216 e. The van der Waals surface area contributed by atoms with Crippen LogP contribution in [-0.4, -0.2) is 4.98 Å². The van der Waals surface area contributed by atoms with Gasteiger partial charge in [-0.2, -0.15) is 0 Å². The number of nitrogens with zero attached hydrogens (tertiary/aromatic N) is 1. The highest BCUT2D eigenvalue weighted by Crippen LogP contribution is 2.32. The third-order valence-corrected chi connectivity index (χ3v) is 3.20. The van der Waals surface area contributed by atoms with Crippen molar-refractivity contribution in [2.75, 3.05) is 11.1 Å². The Kier molecular flexibility index (Phi) is 3.68. The SMILES string of the molecule is Cc1cnc(C(C)Nc2cc(Cl)c(Cl)cc2N)o1. The van der Waals surface area contributed by atoms with E-state index in [2.05, 4.69) is 10.3 Å². The van der Waals surface area contributed by atoms with Gasteiger partial charge in [0.25, 0.3) is 0 Å². The van der Waals surface area contributed by atoms with Gasteiger partial charge in [-0.1, -0.05) is 23.2 Å². The van der Waals surface area contributed by atoms with Gasteiger partial charge in [-0.05, 0) is 26.0 Å². The summed E-state index contributed by atoms with van der Waals surface area (Å²) in [6.45, 7) is 3.77.